The van der Waals surface area contributed by atoms with Gasteiger partial charge in [-0.2, -0.15) is 5.10 Å². The molecular formula is C19H23N5O. The van der Waals surface area contributed by atoms with E-state index in [2.05, 4.69) is 21.5 Å². The van der Waals surface area contributed by atoms with Gasteiger partial charge in [0.25, 0.3) is 0 Å². The zero-order chi connectivity index (χ0) is 17.8. The van der Waals surface area contributed by atoms with E-state index in [1.807, 2.05) is 60.5 Å². The molecule has 0 aliphatic carbocycles. The number of carbonyl (C=O) groups excluding carboxylic acids is 1. The average Bonchev–Trinajstić information content (AvgIpc) is 3.22. The van der Waals surface area contributed by atoms with E-state index < -0.39 is 0 Å². The van der Waals surface area contributed by atoms with Crippen molar-refractivity contribution in [3.8, 4) is 5.69 Å². The largest absolute Gasteiger partial charge is 0.350 e. The molecule has 0 bridgehead atoms. The fourth-order valence-electron chi connectivity index (χ4n) is 2.84. The molecule has 1 unspecified atom stereocenters. The van der Waals surface area contributed by atoms with Crippen molar-refractivity contribution in [1.29, 1.82) is 0 Å². The molecule has 6 heteroatoms. The number of carbonyl (C=O) groups is 1. The lowest BCUT2D eigenvalue weighted by Gasteiger charge is -2.15. The van der Waals surface area contributed by atoms with Gasteiger partial charge >= 0.3 is 0 Å². The molecule has 3 rings (SSSR count). The van der Waals surface area contributed by atoms with E-state index in [0.29, 0.717) is 13.0 Å². The van der Waals surface area contributed by atoms with E-state index in [4.69, 9.17) is 0 Å². The first-order valence-corrected chi connectivity index (χ1v) is 8.41. The molecule has 3 aromatic rings. The van der Waals surface area contributed by atoms with Crippen molar-refractivity contribution in [1.82, 2.24) is 24.6 Å². The van der Waals surface area contributed by atoms with Crippen molar-refractivity contribution < 1.29 is 4.79 Å². The first-order valence-electron chi connectivity index (χ1n) is 8.41. The zero-order valence-electron chi connectivity index (χ0n) is 14.8. The number of aromatic nitrogens is 4. The van der Waals surface area contributed by atoms with Crippen LogP contribution in [-0.4, -0.2) is 25.2 Å². The van der Waals surface area contributed by atoms with Gasteiger partial charge in [0.2, 0.25) is 5.91 Å². The van der Waals surface area contributed by atoms with Crippen LogP contribution in [0.5, 0.6) is 0 Å². The summed E-state index contributed by atoms with van der Waals surface area (Å²) in [6, 6.07) is 10.1. The Labute approximate surface area is 147 Å². The maximum atomic E-state index is 12.1. The summed E-state index contributed by atoms with van der Waals surface area (Å²) in [5, 5.41) is 7.53. The van der Waals surface area contributed by atoms with Crippen LogP contribution in [-0.2, 0) is 11.3 Å². The van der Waals surface area contributed by atoms with E-state index in [-0.39, 0.29) is 11.9 Å². The third-order valence-electron chi connectivity index (χ3n) is 4.18. The predicted molar refractivity (Wildman–Crippen MR) is 96.4 cm³/mol. The molecule has 1 aromatic carbocycles. The summed E-state index contributed by atoms with van der Waals surface area (Å²) in [6.45, 7) is 6.65. The van der Waals surface area contributed by atoms with Crippen molar-refractivity contribution in [2.75, 3.05) is 0 Å². The quantitative estimate of drug-likeness (QED) is 0.752. The molecular weight excluding hydrogens is 314 g/mol. The molecule has 1 N–H and O–H groups in total. The third-order valence-corrected chi connectivity index (χ3v) is 4.18. The topological polar surface area (TPSA) is 64.7 Å². The van der Waals surface area contributed by atoms with E-state index in [9.17, 15) is 4.79 Å². The summed E-state index contributed by atoms with van der Waals surface area (Å²) in [6.07, 6.45) is 5.72. The number of nitrogens with one attached hydrogen (secondary N) is 1. The monoisotopic (exact) mass is 337 g/mol. The van der Waals surface area contributed by atoms with Crippen molar-refractivity contribution in [2.45, 2.75) is 39.8 Å². The summed E-state index contributed by atoms with van der Waals surface area (Å²) in [5.74, 6) is 0.0313. The van der Waals surface area contributed by atoms with Crippen LogP contribution in [0.25, 0.3) is 5.69 Å². The zero-order valence-corrected chi connectivity index (χ0v) is 14.8. The highest BCUT2D eigenvalue weighted by Gasteiger charge is 2.10. The van der Waals surface area contributed by atoms with Crippen LogP contribution in [0.4, 0.5) is 0 Å². The summed E-state index contributed by atoms with van der Waals surface area (Å²) >= 11 is 0. The van der Waals surface area contributed by atoms with Crippen molar-refractivity contribution in [2.24, 2.45) is 0 Å². The number of amides is 1. The van der Waals surface area contributed by atoms with Gasteiger partial charge in [-0.25, -0.2) is 9.67 Å². The maximum Gasteiger partial charge on any atom is 0.222 e. The molecule has 0 aliphatic heterocycles. The highest BCUT2D eigenvalue weighted by molar-refractivity contribution is 5.76. The lowest BCUT2D eigenvalue weighted by atomic mass is 10.1. The highest BCUT2D eigenvalue weighted by atomic mass is 16.1. The normalized spacial score (nSPS) is 12.1. The summed E-state index contributed by atoms with van der Waals surface area (Å²) in [5.41, 5.74) is 4.19. The smallest absolute Gasteiger partial charge is 0.222 e. The lowest BCUT2D eigenvalue weighted by molar-refractivity contribution is -0.121. The highest BCUT2D eigenvalue weighted by Crippen LogP contribution is 2.17. The Morgan fingerprint density at radius 3 is 2.60 bits per heavy atom. The molecule has 0 spiro atoms. The van der Waals surface area contributed by atoms with Crippen molar-refractivity contribution >= 4 is 5.91 Å². The Morgan fingerprint density at radius 1 is 1.24 bits per heavy atom. The standard InChI is InChI=1S/C19H23N5O/c1-14-12-15(2)24(22-14)18-6-4-17(5-7-18)16(3)21-19(25)8-10-23-11-9-20-13-23/h4-7,9,11-13,16H,8,10H2,1-3H3,(H,21,25). The minimum atomic E-state index is -0.0372. The molecule has 0 fully saturated rings. The van der Waals surface area contributed by atoms with Gasteiger partial charge in [0.1, 0.15) is 0 Å². The van der Waals surface area contributed by atoms with E-state index in [1.54, 1.807) is 12.5 Å². The number of imidazole rings is 1. The third kappa shape index (κ3) is 4.15. The molecule has 0 saturated heterocycles. The van der Waals surface area contributed by atoms with Gasteiger partial charge in [0, 0.05) is 31.1 Å². The number of benzene rings is 1. The molecule has 2 heterocycles. The van der Waals surface area contributed by atoms with Crippen molar-refractivity contribution in [3.05, 3.63) is 66.0 Å². The second-order valence-electron chi connectivity index (χ2n) is 6.27. The Hall–Kier alpha value is -2.89. The van der Waals surface area contributed by atoms with E-state index in [1.165, 1.54) is 0 Å². The Bertz CT molecular complexity index is 833. The van der Waals surface area contributed by atoms with Crippen LogP contribution >= 0.6 is 0 Å². The lowest BCUT2D eigenvalue weighted by Crippen LogP contribution is -2.27. The number of aryl methyl sites for hydroxylation is 3. The van der Waals surface area contributed by atoms with Gasteiger partial charge in [-0.05, 0) is 44.5 Å². The number of nitrogens with zero attached hydrogens (tertiary/aromatic N) is 4. The molecule has 1 amide bonds. The number of hydrogen-bond acceptors (Lipinski definition) is 3. The van der Waals surface area contributed by atoms with Gasteiger partial charge in [0.05, 0.1) is 23.8 Å². The van der Waals surface area contributed by atoms with Gasteiger partial charge in [-0.15, -0.1) is 0 Å². The molecule has 130 valence electrons. The fraction of sp³-hybridized carbons (Fsp3) is 0.316. The first-order chi connectivity index (χ1) is 12.0. The Morgan fingerprint density at radius 2 is 2.00 bits per heavy atom. The fourth-order valence-corrected chi connectivity index (χ4v) is 2.84. The Balaban J connectivity index is 1.59. The van der Waals surface area contributed by atoms with Crippen LogP contribution < -0.4 is 5.32 Å². The minimum Gasteiger partial charge on any atom is -0.350 e. The number of hydrogen-bond donors (Lipinski definition) is 1. The molecule has 2 aromatic heterocycles. The van der Waals surface area contributed by atoms with Gasteiger partial charge < -0.3 is 9.88 Å². The maximum absolute atomic E-state index is 12.1. The van der Waals surface area contributed by atoms with Crippen LogP contribution in [0, 0.1) is 13.8 Å². The van der Waals surface area contributed by atoms with Crippen molar-refractivity contribution in [3.63, 3.8) is 0 Å². The minimum absolute atomic E-state index is 0.0313. The average molecular weight is 337 g/mol. The van der Waals surface area contributed by atoms with Crippen LogP contribution in [0.3, 0.4) is 0 Å². The SMILES string of the molecule is Cc1cc(C)n(-c2ccc(C(C)NC(=O)CCn3ccnc3)cc2)n1. The first kappa shape index (κ1) is 17.0. The van der Waals surface area contributed by atoms with E-state index >= 15 is 0 Å². The van der Waals surface area contributed by atoms with Gasteiger partial charge in [-0.3, -0.25) is 4.79 Å². The molecule has 0 saturated carbocycles. The summed E-state index contributed by atoms with van der Waals surface area (Å²) in [7, 11) is 0. The molecule has 1 atom stereocenters. The van der Waals surface area contributed by atoms with Crippen LogP contribution in [0.1, 0.15) is 36.3 Å². The van der Waals surface area contributed by atoms with Crippen LogP contribution in [0.15, 0.2) is 49.1 Å². The number of rotatable bonds is 6. The van der Waals surface area contributed by atoms with Gasteiger partial charge in [-0.1, -0.05) is 12.1 Å². The van der Waals surface area contributed by atoms with Crippen LogP contribution in [0.2, 0.25) is 0 Å². The predicted octanol–water partition coefficient (Wildman–Crippen LogP) is 2.95. The molecule has 0 aliphatic rings. The molecule has 25 heavy (non-hydrogen) atoms. The Kier molecular flexibility index (Phi) is 4.97. The molecule has 0 radical (unpaired) electrons. The van der Waals surface area contributed by atoms with E-state index in [0.717, 1.165) is 22.6 Å². The summed E-state index contributed by atoms with van der Waals surface area (Å²) < 4.78 is 3.82. The second-order valence-corrected chi connectivity index (χ2v) is 6.27. The second kappa shape index (κ2) is 7.34. The molecule has 6 nitrogen and oxygen atoms in total. The van der Waals surface area contributed by atoms with Gasteiger partial charge in [0.15, 0.2) is 0 Å². The summed E-state index contributed by atoms with van der Waals surface area (Å²) in [4.78, 5) is 16.1.